The number of hydrogen-bond donors (Lipinski definition) is 2. The lowest BCUT2D eigenvalue weighted by atomic mass is 10.1. The first-order valence-electron chi connectivity index (χ1n) is 8.79. The number of aryl methyl sites for hydroxylation is 1. The van der Waals surface area contributed by atoms with E-state index in [2.05, 4.69) is 5.32 Å². The molecule has 148 valence electrons. The summed E-state index contributed by atoms with van der Waals surface area (Å²) in [6.07, 6.45) is 1.14. The Labute approximate surface area is 163 Å². The van der Waals surface area contributed by atoms with E-state index in [0.29, 0.717) is 22.8 Å². The number of aliphatic hydroxyl groups excluding tert-OH is 1. The number of carbonyl (C=O) groups excluding carboxylic acids is 1. The van der Waals surface area contributed by atoms with Gasteiger partial charge in [-0.25, -0.2) is 0 Å². The van der Waals surface area contributed by atoms with E-state index < -0.39 is 6.10 Å². The van der Waals surface area contributed by atoms with Crippen molar-refractivity contribution in [2.24, 2.45) is 7.05 Å². The van der Waals surface area contributed by atoms with E-state index in [4.69, 9.17) is 14.2 Å². The number of nitrogens with zero attached hydrogens (tertiary/aromatic N) is 1. The Bertz CT molecular complexity index is 971. The highest BCUT2D eigenvalue weighted by molar-refractivity contribution is 5.95. The zero-order valence-corrected chi connectivity index (χ0v) is 16.4. The second-order valence-corrected chi connectivity index (χ2v) is 6.38. The van der Waals surface area contributed by atoms with Crippen molar-refractivity contribution in [3.05, 3.63) is 53.7 Å². The number of benzene rings is 2. The molecule has 0 aliphatic carbocycles. The van der Waals surface area contributed by atoms with E-state index in [0.717, 1.165) is 16.5 Å². The van der Waals surface area contributed by atoms with Gasteiger partial charge < -0.3 is 29.2 Å². The maximum atomic E-state index is 12.6. The molecule has 3 aromatic rings. The molecule has 2 aromatic carbocycles. The van der Waals surface area contributed by atoms with Crippen molar-refractivity contribution >= 4 is 16.8 Å². The molecule has 0 saturated carbocycles. The molecule has 0 saturated heterocycles. The van der Waals surface area contributed by atoms with Crippen LogP contribution in [0.5, 0.6) is 17.2 Å². The number of ether oxygens (including phenoxy) is 3. The number of amides is 1. The summed E-state index contributed by atoms with van der Waals surface area (Å²) in [5.41, 5.74) is 2.17. The molecule has 0 aliphatic rings. The molecule has 0 radical (unpaired) electrons. The lowest BCUT2D eigenvalue weighted by molar-refractivity contribution is 0.0915. The second-order valence-electron chi connectivity index (χ2n) is 6.38. The van der Waals surface area contributed by atoms with Gasteiger partial charge >= 0.3 is 0 Å². The average molecular weight is 384 g/mol. The zero-order chi connectivity index (χ0) is 20.3. The van der Waals surface area contributed by atoms with Gasteiger partial charge in [-0.1, -0.05) is 6.07 Å². The summed E-state index contributed by atoms with van der Waals surface area (Å²) in [5.74, 6) is 0.848. The molecule has 3 rings (SSSR count). The molecule has 0 aliphatic heterocycles. The van der Waals surface area contributed by atoms with Crippen LogP contribution in [0.1, 0.15) is 22.0 Å². The molecular weight excluding hydrogens is 360 g/mol. The number of hydrogen-bond acceptors (Lipinski definition) is 5. The zero-order valence-electron chi connectivity index (χ0n) is 16.4. The van der Waals surface area contributed by atoms with Crippen molar-refractivity contribution in [3.8, 4) is 17.2 Å². The Morgan fingerprint density at radius 1 is 1.07 bits per heavy atom. The Kier molecular flexibility index (Phi) is 5.75. The highest BCUT2D eigenvalue weighted by Crippen LogP contribution is 2.38. The molecule has 2 N–H and O–H groups in total. The van der Waals surface area contributed by atoms with E-state index in [1.54, 1.807) is 12.1 Å². The maximum absolute atomic E-state index is 12.6. The van der Waals surface area contributed by atoms with Crippen LogP contribution in [-0.4, -0.2) is 43.5 Å². The van der Waals surface area contributed by atoms with Crippen LogP contribution in [0.25, 0.3) is 10.9 Å². The topological polar surface area (TPSA) is 82.0 Å². The number of aliphatic hydroxyl groups is 1. The highest BCUT2D eigenvalue weighted by atomic mass is 16.5. The first kappa shape index (κ1) is 19.6. The van der Waals surface area contributed by atoms with Crippen molar-refractivity contribution in [2.45, 2.75) is 6.10 Å². The van der Waals surface area contributed by atoms with Crippen LogP contribution in [-0.2, 0) is 7.05 Å². The van der Waals surface area contributed by atoms with E-state index in [1.165, 1.54) is 21.3 Å². The van der Waals surface area contributed by atoms with Crippen LogP contribution in [0.2, 0.25) is 0 Å². The number of methoxy groups -OCH3 is 3. The van der Waals surface area contributed by atoms with Crippen LogP contribution in [0.4, 0.5) is 0 Å². The van der Waals surface area contributed by atoms with Gasteiger partial charge in [0.1, 0.15) is 0 Å². The van der Waals surface area contributed by atoms with E-state index >= 15 is 0 Å². The van der Waals surface area contributed by atoms with Crippen molar-refractivity contribution in [1.82, 2.24) is 9.88 Å². The molecule has 7 heteroatoms. The normalized spacial score (nSPS) is 11.9. The van der Waals surface area contributed by atoms with Crippen LogP contribution in [0.15, 0.2) is 42.6 Å². The molecule has 1 aromatic heterocycles. The smallest absolute Gasteiger partial charge is 0.251 e. The SMILES string of the molecule is COc1cc(C(=O)NCC(O)c2ccc3c(ccn3C)c2)cc(OC)c1OC. The van der Waals surface area contributed by atoms with Gasteiger partial charge in [-0.05, 0) is 41.3 Å². The van der Waals surface area contributed by atoms with Gasteiger partial charge in [0.25, 0.3) is 5.91 Å². The Balaban J connectivity index is 1.73. The minimum absolute atomic E-state index is 0.0772. The van der Waals surface area contributed by atoms with Crippen LogP contribution >= 0.6 is 0 Å². The molecule has 1 amide bonds. The van der Waals surface area contributed by atoms with Gasteiger partial charge in [0.15, 0.2) is 11.5 Å². The summed E-state index contributed by atoms with van der Waals surface area (Å²) in [7, 11) is 6.45. The molecule has 1 unspecified atom stereocenters. The molecule has 0 fully saturated rings. The van der Waals surface area contributed by atoms with E-state index in [9.17, 15) is 9.90 Å². The summed E-state index contributed by atoms with van der Waals surface area (Å²) in [6, 6.07) is 10.9. The third kappa shape index (κ3) is 3.75. The highest BCUT2D eigenvalue weighted by Gasteiger charge is 2.18. The number of fused-ring (bicyclic) bond motifs is 1. The first-order valence-corrected chi connectivity index (χ1v) is 8.79. The fourth-order valence-corrected chi connectivity index (χ4v) is 3.13. The third-order valence-electron chi connectivity index (χ3n) is 4.68. The van der Waals surface area contributed by atoms with E-state index in [-0.39, 0.29) is 12.5 Å². The quantitative estimate of drug-likeness (QED) is 0.655. The first-order chi connectivity index (χ1) is 13.5. The predicted molar refractivity (Wildman–Crippen MR) is 106 cm³/mol. The predicted octanol–water partition coefficient (Wildman–Crippen LogP) is 2.67. The standard InChI is InChI=1S/C21H24N2O5/c1-23-8-7-13-9-14(5-6-16(13)23)17(24)12-22-21(25)15-10-18(26-2)20(28-4)19(11-15)27-3/h5-11,17,24H,12H2,1-4H3,(H,22,25). The van der Waals surface area contributed by atoms with Crippen molar-refractivity contribution < 1.29 is 24.1 Å². The molecule has 7 nitrogen and oxygen atoms in total. The van der Waals surface area contributed by atoms with Gasteiger partial charge in [0, 0.05) is 30.9 Å². The monoisotopic (exact) mass is 384 g/mol. The van der Waals surface area contributed by atoms with Crippen molar-refractivity contribution in [3.63, 3.8) is 0 Å². The largest absolute Gasteiger partial charge is 0.493 e. The summed E-state index contributed by atoms with van der Waals surface area (Å²) in [5, 5.41) is 14.3. The minimum atomic E-state index is -0.824. The van der Waals surface area contributed by atoms with Gasteiger partial charge in [-0.3, -0.25) is 4.79 Å². The lowest BCUT2D eigenvalue weighted by Crippen LogP contribution is -2.28. The molecular formula is C21H24N2O5. The number of rotatable bonds is 7. The summed E-state index contributed by atoms with van der Waals surface area (Å²) >= 11 is 0. The summed E-state index contributed by atoms with van der Waals surface area (Å²) in [6.45, 7) is 0.0772. The number of nitrogens with one attached hydrogen (secondary N) is 1. The summed E-state index contributed by atoms with van der Waals surface area (Å²) in [4.78, 5) is 12.6. The molecule has 1 atom stereocenters. The fraction of sp³-hybridized carbons (Fsp3) is 0.286. The second kappa shape index (κ2) is 8.22. The molecule has 1 heterocycles. The number of carbonyl (C=O) groups is 1. The van der Waals surface area contributed by atoms with Gasteiger partial charge in [0.05, 0.1) is 27.4 Å². The molecule has 0 spiro atoms. The van der Waals surface area contributed by atoms with Gasteiger partial charge in [-0.15, -0.1) is 0 Å². The van der Waals surface area contributed by atoms with Crippen molar-refractivity contribution in [1.29, 1.82) is 0 Å². The maximum Gasteiger partial charge on any atom is 0.251 e. The number of aromatic nitrogens is 1. The fourth-order valence-electron chi connectivity index (χ4n) is 3.13. The average Bonchev–Trinajstić information content (AvgIpc) is 3.10. The van der Waals surface area contributed by atoms with E-state index in [1.807, 2.05) is 42.1 Å². The van der Waals surface area contributed by atoms with Crippen LogP contribution in [0, 0.1) is 0 Å². The summed E-state index contributed by atoms with van der Waals surface area (Å²) < 4.78 is 17.8. The molecule has 28 heavy (non-hydrogen) atoms. The Hall–Kier alpha value is -3.19. The van der Waals surface area contributed by atoms with Gasteiger partial charge in [-0.2, -0.15) is 0 Å². The van der Waals surface area contributed by atoms with Crippen molar-refractivity contribution in [2.75, 3.05) is 27.9 Å². The lowest BCUT2D eigenvalue weighted by Gasteiger charge is -2.15. The van der Waals surface area contributed by atoms with Gasteiger partial charge in [0.2, 0.25) is 5.75 Å². The Morgan fingerprint density at radius 3 is 2.36 bits per heavy atom. The minimum Gasteiger partial charge on any atom is -0.493 e. The van der Waals surface area contributed by atoms with Crippen LogP contribution < -0.4 is 19.5 Å². The Morgan fingerprint density at radius 2 is 1.75 bits per heavy atom. The molecule has 0 bridgehead atoms. The third-order valence-corrected chi connectivity index (χ3v) is 4.68. The van der Waals surface area contributed by atoms with Crippen LogP contribution in [0.3, 0.4) is 0 Å².